The van der Waals surface area contributed by atoms with Gasteiger partial charge in [-0.05, 0) is 43.0 Å². The normalized spacial score (nSPS) is 27.9. The third-order valence-electron chi connectivity index (χ3n) is 4.73. The molecule has 0 bridgehead atoms. The van der Waals surface area contributed by atoms with Gasteiger partial charge in [0.2, 0.25) is 0 Å². The predicted octanol–water partition coefficient (Wildman–Crippen LogP) is 3.68. The second-order valence-corrected chi connectivity index (χ2v) is 6.63. The molecule has 2 heterocycles. The van der Waals surface area contributed by atoms with Crippen molar-refractivity contribution in [2.75, 3.05) is 13.2 Å². The van der Waals surface area contributed by atoms with Crippen molar-refractivity contribution in [3.63, 3.8) is 0 Å². The van der Waals surface area contributed by atoms with Crippen LogP contribution in [0.5, 0.6) is 0 Å². The zero-order chi connectivity index (χ0) is 16.8. The van der Waals surface area contributed by atoms with Gasteiger partial charge in [0, 0.05) is 24.0 Å². The minimum absolute atomic E-state index is 0.0193. The Morgan fingerprint density at radius 3 is 2.83 bits per heavy atom. The van der Waals surface area contributed by atoms with Crippen molar-refractivity contribution in [2.24, 2.45) is 0 Å². The molecule has 0 saturated carbocycles. The van der Waals surface area contributed by atoms with Crippen molar-refractivity contribution < 1.29 is 22.7 Å². The number of halogens is 4. The van der Waals surface area contributed by atoms with Gasteiger partial charge in [-0.2, -0.15) is 13.2 Å². The van der Waals surface area contributed by atoms with Crippen LogP contribution in [0, 0.1) is 0 Å². The number of benzene rings is 1. The zero-order valence-electron chi connectivity index (χ0n) is 12.6. The first kappa shape index (κ1) is 16.6. The molecule has 2 aliphatic rings. The number of ether oxygens (including phenoxy) is 1. The highest BCUT2D eigenvalue weighted by atomic mass is 35.5. The molecule has 1 unspecified atom stereocenters. The van der Waals surface area contributed by atoms with Gasteiger partial charge in [-0.1, -0.05) is 17.7 Å². The van der Waals surface area contributed by atoms with Gasteiger partial charge in [-0.25, -0.2) is 0 Å². The Morgan fingerprint density at radius 2 is 2.17 bits per heavy atom. The van der Waals surface area contributed by atoms with Gasteiger partial charge >= 0.3 is 12.1 Å². The van der Waals surface area contributed by atoms with E-state index in [1.807, 2.05) is 18.2 Å². The SMILES string of the molecule is C[C@H]1CC2(CCN1C(=O)C(F)(F)F)OCCc1ccc(Cl)cc12. The Hall–Kier alpha value is -1.27. The van der Waals surface area contributed by atoms with E-state index in [1.54, 1.807) is 6.92 Å². The topological polar surface area (TPSA) is 29.5 Å². The van der Waals surface area contributed by atoms with E-state index >= 15 is 0 Å². The highest BCUT2D eigenvalue weighted by molar-refractivity contribution is 6.30. The van der Waals surface area contributed by atoms with E-state index in [2.05, 4.69) is 0 Å². The van der Waals surface area contributed by atoms with E-state index in [1.165, 1.54) is 0 Å². The maximum absolute atomic E-state index is 12.7. The molecule has 1 aromatic carbocycles. The summed E-state index contributed by atoms with van der Waals surface area (Å²) in [4.78, 5) is 12.4. The zero-order valence-corrected chi connectivity index (χ0v) is 13.4. The van der Waals surface area contributed by atoms with E-state index in [9.17, 15) is 18.0 Å². The number of hydrogen-bond acceptors (Lipinski definition) is 2. The van der Waals surface area contributed by atoms with Crippen molar-refractivity contribution in [3.05, 3.63) is 34.3 Å². The molecule has 3 nitrogen and oxygen atoms in total. The third-order valence-corrected chi connectivity index (χ3v) is 4.96. The van der Waals surface area contributed by atoms with Gasteiger partial charge < -0.3 is 9.64 Å². The molecule has 1 aromatic rings. The third kappa shape index (κ3) is 2.94. The number of piperidine rings is 1. The van der Waals surface area contributed by atoms with Gasteiger partial charge in [-0.3, -0.25) is 4.79 Å². The fraction of sp³-hybridized carbons (Fsp3) is 0.562. The van der Waals surface area contributed by atoms with Gasteiger partial charge in [0.25, 0.3) is 0 Å². The molecule has 0 aromatic heterocycles. The molecular formula is C16H17ClF3NO2. The van der Waals surface area contributed by atoms with Crippen LogP contribution in [0.15, 0.2) is 18.2 Å². The van der Waals surface area contributed by atoms with Crippen LogP contribution in [0.1, 0.15) is 30.9 Å². The molecule has 0 N–H and O–H groups in total. The predicted molar refractivity (Wildman–Crippen MR) is 79.3 cm³/mol. The molecule has 1 spiro atoms. The fourth-order valence-corrected chi connectivity index (χ4v) is 3.85. The maximum atomic E-state index is 12.7. The van der Waals surface area contributed by atoms with Crippen LogP contribution in [0.25, 0.3) is 0 Å². The average molecular weight is 348 g/mol. The number of hydrogen-bond donors (Lipinski definition) is 0. The number of rotatable bonds is 0. The van der Waals surface area contributed by atoms with E-state index in [4.69, 9.17) is 16.3 Å². The molecule has 2 atom stereocenters. The number of amides is 1. The molecule has 3 rings (SSSR count). The Labute approximate surface area is 137 Å². The lowest BCUT2D eigenvalue weighted by Crippen LogP contribution is -2.55. The van der Waals surface area contributed by atoms with Crippen LogP contribution in [-0.4, -0.2) is 36.2 Å². The van der Waals surface area contributed by atoms with Crippen molar-refractivity contribution in [1.82, 2.24) is 4.90 Å². The van der Waals surface area contributed by atoms with Gasteiger partial charge in [-0.15, -0.1) is 0 Å². The van der Waals surface area contributed by atoms with E-state index < -0.39 is 23.7 Å². The van der Waals surface area contributed by atoms with Crippen LogP contribution < -0.4 is 0 Å². The quantitative estimate of drug-likeness (QED) is 0.716. The molecule has 7 heteroatoms. The number of alkyl halides is 3. The summed E-state index contributed by atoms with van der Waals surface area (Å²) in [6, 6.07) is 5.04. The summed E-state index contributed by atoms with van der Waals surface area (Å²) < 4.78 is 44.1. The molecule has 1 fully saturated rings. The lowest BCUT2D eigenvalue weighted by molar-refractivity contribution is -0.194. The molecule has 126 valence electrons. The first-order valence-electron chi connectivity index (χ1n) is 7.54. The van der Waals surface area contributed by atoms with Gasteiger partial charge in [0.05, 0.1) is 12.2 Å². The molecule has 23 heavy (non-hydrogen) atoms. The Morgan fingerprint density at radius 1 is 1.43 bits per heavy atom. The first-order valence-corrected chi connectivity index (χ1v) is 7.91. The van der Waals surface area contributed by atoms with Crippen LogP contribution in [-0.2, 0) is 21.6 Å². The van der Waals surface area contributed by atoms with Crippen LogP contribution >= 0.6 is 11.6 Å². The fourth-order valence-electron chi connectivity index (χ4n) is 3.68. The van der Waals surface area contributed by atoms with E-state index in [-0.39, 0.29) is 6.54 Å². The first-order chi connectivity index (χ1) is 10.7. The molecule has 0 radical (unpaired) electrons. The summed E-state index contributed by atoms with van der Waals surface area (Å²) in [5.74, 6) is -1.78. The molecule has 0 aliphatic carbocycles. The van der Waals surface area contributed by atoms with Crippen LogP contribution in [0.4, 0.5) is 13.2 Å². The summed E-state index contributed by atoms with van der Waals surface area (Å²) in [7, 11) is 0. The number of nitrogens with zero attached hydrogens (tertiary/aromatic N) is 1. The summed E-state index contributed by atoms with van der Waals surface area (Å²) in [5.41, 5.74) is 1.41. The van der Waals surface area contributed by atoms with Crippen LogP contribution in [0.2, 0.25) is 5.02 Å². The van der Waals surface area contributed by atoms with Crippen molar-refractivity contribution in [3.8, 4) is 0 Å². The summed E-state index contributed by atoms with van der Waals surface area (Å²) in [6.07, 6.45) is -3.41. The molecular weight excluding hydrogens is 331 g/mol. The summed E-state index contributed by atoms with van der Waals surface area (Å²) in [6.45, 7) is 2.17. The van der Waals surface area contributed by atoms with Gasteiger partial charge in [0.15, 0.2) is 0 Å². The number of likely N-dealkylation sites (tertiary alicyclic amines) is 1. The minimum atomic E-state index is -4.84. The monoisotopic (exact) mass is 347 g/mol. The lowest BCUT2D eigenvalue weighted by Gasteiger charge is -2.48. The Bertz CT molecular complexity index is 634. The Balaban J connectivity index is 1.89. The second kappa shape index (κ2) is 5.67. The van der Waals surface area contributed by atoms with E-state index in [0.29, 0.717) is 24.5 Å². The Kier molecular flexibility index (Phi) is 4.09. The number of carbonyl (C=O) groups is 1. The minimum Gasteiger partial charge on any atom is -0.370 e. The number of fused-ring (bicyclic) bond motifs is 2. The second-order valence-electron chi connectivity index (χ2n) is 6.19. The molecule has 2 aliphatic heterocycles. The van der Waals surface area contributed by atoms with Gasteiger partial charge in [0.1, 0.15) is 0 Å². The van der Waals surface area contributed by atoms with E-state index in [0.717, 1.165) is 22.4 Å². The highest BCUT2D eigenvalue weighted by Gasteiger charge is 2.50. The van der Waals surface area contributed by atoms with Crippen molar-refractivity contribution in [2.45, 2.75) is 44.0 Å². The molecule has 1 saturated heterocycles. The summed E-state index contributed by atoms with van der Waals surface area (Å²) >= 11 is 6.09. The lowest BCUT2D eigenvalue weighted by atomic mass is 9.77. The average Bonchev–Trinajstić information content (AvgIpc) is 2.47. The smallest absolute Gasteiger partial charge is 0.370 e. The summed E-state index contributed by atoms with van der Waals surface area (Å²) in [5, 5.41) is 0.579. The standard InChI is InChI=1S/C16H17ClF3NO2/c1-10-9-15(5-6-21(10)14(22)16(18,19)20)13-8-12(17)3-2-11(13)4-7-23-15/h2-3,8,10H,4-7,9H2,1H3/t10-,15?/m0/s1. The van der Waals surface area contributed by atoms with Crippen molar-refractivity contribution >= 4 is 17.5 Å². The molecule has 1 amide bonds. The highest BCUT2D eigenvalue weighted by Crippen LogP contribution is 2.44. The number of carbonyl (C=O) groups excluding carboxylic acids is 1. The largest absolute Gasteiger partial charge is 0.471 e. The van der Waals surface area contributed by atoms with Crippen molar-refractivity contribution in [1.29, 1.82) is 0 Å². The maximum Gasteiger partial charge on any atom is 0.471 e. The van der Waals surface area contributed by atoms with Crippen LogP contribution in [0.3, 0.4) is 0 Å².